The number of benzene rings is 1. The van der Waals surface area contributed by atoms with Crippen molar-refractivity contribution in [3.8, 4) is 0 Å². The van der Waals surface area contributed by atoms with E-state index in [1.807, 2.05) is 32.2 Å². The van der Waals surface area contributed by atoms with E-state index in [0.29, 0.717) is 29.6 Å². The van der Waals surface area contributed by atoms with Gasteiger partial charge < -0.3 is 15.6 Å². The first-order valence-electron chi connectivity index (χ1n) is 7.85. The van der Waals surface area contributed by atoms with Crippen molar-refractivity contribution in [1.29, 1.82) is 0 Å². The second-order valence-electron chi connectivity index (χ2n) is 6.05. The van der Waals surface area contributed by atoms with Gasteiger partial charge in [0.1, 0.15) is 0 Å². The second kappa shape index (κ2) is 8.51. The summed E-state index contributed by atoms with van der Waals surface area (Å²) >= 11 is 12.3. The van der Waals surface area contributed by atoms with Gasteiger partial charge in [-0.25, -0.2) is 4.98 Å². The molecule has 5 nitrogen and oxygen atoms in total. The third-order valence-electron chi connectivity index (χ3n) is 3.90. The monoisotopic (exact) mass is 368 g/mol. The summed E-state index contributed by atoms with van der Waals surface area (Å²) in [7, 11) is 0. The highest BCUT2D eigenvalue weighted by molar-refractivity contribution is 6.42. The van der Waals surface area contributed by atoms with Crippen LogP contribution in [0.5, 0.6) is 0 Å². The molecule has 0 radical (unpaired) electrons. The molecule has 2 rings (SSSR count). The number of aromatic amines is 1. The fourth-order valence-electron chi connectivity index (χ4n) is 2.32. The van der Waals surface area contributed by atoms with E-state index in [4.69, 9.17) is 28.9 Å². The average molecular weight is 369 g/mol. The Kier molecular flexibility index (Phi) is 6.66. The molecule has 3 N–H and O–H groups in total. The molecule has 2 aromatic rings. The Morgan fingerprint density at radius 1 is 1.38 bits per heavy atom. The number of halogens is 2. The van der Waals surface area contributed by atoms with Gasteiger partial charge in [-0.15, -0.1) is 0 Å². The van der Waals surface area contributed by atoms with Crippen LogP contribution < -0.4 is 5.73 Å². The van der Waals surface area contributed by atoms with Crippen molar-refractivity contribution >= 4 is 29.1 Å². The molecule has 0 spiro atoms. The average Bonchev–Trinajstić information content (AvgIpc) is 3.07. The van der Waals surface area contributed by atoms with Crippen LogP contribution in [0.4, 0.5) is 0 Å². The van der Waals surface area contributed by atoms with Crippen molar-refractivity contribution in [1.82, 2.24) is 14.9 Å². The van der Waals surface area contributed by atoms with Crippen LogP contribution in [0, 0.1) is 5.92 Å². The molecule has 0 unspecified atom stereocenters. The first-order valence-corrected chi connectivity index (χ1v) is 8.60. The number of H-pyrrole nitrogens is 1. The third-order valence-corrected chi connectivity index (χ3v) is 4.76. The van der Waals surface area contributed by atoms with Crippen LogP contribution in [-0.2, 0) is 17.8 Å². The molecule has 0 fully saturated rings. The van der Waals surface area contributed by atoms with Gasteiger partial charge in [0.25, 0.3) is 0 Å². The number of rotatable bonds is 7. The summed E-state index contributed by atoms with van der Waals surface area (Å²) in [6, 6.07) is 4.86. The standard InChI is InChI=1S/C17H22Cl2N4O/c1-11(2)16(20)17(24)23(7-6-13-8-21-10-22-13)9-12-4-3-5-14(18)15(12)19/h3-5,8,10-11,16H,6-7,9,20H2,1-2H3,(H,21,22)/t16-/m0/s1. The normalized spacial score (nSPS) is 12.4. The molecular weight excluding hydrogens is 347 g/mol. The summed E-state index contributed by atoms with van der Waals surface area (Å²) in [5, 5.41) is 0.942. The Bertz CT molecular complexity index is 673. The van der Waals surface area contributed by atoms with Gasteiger partial charge in [0.05, 0.1) is 28.1 Å². The first kappa shape index (κ1) is 18.8. The molecule has 0 saturated carbocycles. The highest BCUT2D eigenvalue weighted by Crippen LogP contribution is 2.26. The predicted octanol–water partition coefficient (Wildman–Crippen LogP) is 3.27. The van der Waals surface area contributed by atoms with Gasteiger partial charge in [-0.1, -0.05) is 49.2 Å². The van der Waals surface area contributed by atoms with Gasteiger partial charge in [-0.2, -0.15) is 0 Å². The topological polar surface area (TPSA) is 75.0 Å². The second-order valence-corrected chi connectivity index (χ2v) is 6.84. The van der Waals surface area contributed by atoms with E-state index in [1.54, 1.807) is 17.3 Å². The number of nitrogens with two attached hydrogens (primary N) is 1. The van der Waals surface area contributed by atoms with E-state index in [9.17, 15) is 4.79 Å². The number of nitrogens with one attached hydrogen (secondary N) is 1. The maximum atomic E-state index is 12.7. The fraction of sp³-hybridized carbons (Fsp3) is 0.412. The summed E-state index contributed by atoms with van der Waals surface area (Å²) in [6.45, 7) is 4.73. The van der Waals surface area contributed by atoms with Gasteiger partial charge in [-0.05, 0) is 17.5 Å². The molecule has 0 saturated heterocycles. The molecule has 1 aromatic heterocycles. The summed E-state index contributed by atoms with van der Waals surface area (Å²) < 4.78 is 0. The van der Waals surface area contributed by atoms with Crippen LogP contribution >= 0.6 is 23.2 Å². The largest absolute Gasteiger partial charge is 0.351 e. The highest BCUT2D eigenvalue weighted by atomic mass is 35.5. The number of carbonyl (C=O) groups excluding carboxylic acids is 1. The van der Waals surface area contributed by atoms with Crippen molar-refractivity contribution in [2.45, 2.75) is 32.9 Å². The van der Waals surface area contributed by atoms with E-state index >= 15 is 0 Å². The summed E-state index contributed by atoms with van der Waals surface area (Å²) in [5.41, 5.74) is 7.75. The molecule has 7 heteroatoms. The van der Waals surface area contributed by atoms with Gasteiger partial charge in [-0.3, -0.25) is 4.79 Å². The Balaban J connectivity index is 2.17. The zero-order valence-corrected chi connectivity index (χ0v) is 15.3. The van der Waals surface area contributed by atoms with Crippen molar-refractivity contribution in [3.63, 3.8) is 0 Å². The molecule has 0 aliphatic rings. The van der Waals surface area contributed by atoms with Crippen LogP contribution in [0.1, 0.15) is 25.1 Å². The molecule has 0 aliphatic carbocycles. The molecule has 0 bridgehead atoms. The lowest BCUT2D eigenvalue weighted by Crippen LogP contribution is -2.46. The van der Waals surface area contributed by atoms with E-state index in [-0.39, 0.29) is 11.8 Å². The highest BCUT2D eigenvalue weighted by Gasteiger charge is 2.24. The molecule has 24 heavy (non-hydrogen) atoms. The Labute approximate surface area is 152 Å². The lowest BCUT2D eigenvalue weighted by molar-refractivity contribution is -0.134. The lowest BCUT2D eigenvalue weighted by atomic mass is 10.0. The molecule has 1 heterocycles. The zero-order valence-electron chi connectivity index (χ0n) is 13.8. The van der Waals surface area contributed by atoms with Gasteiger partial charge in [0.2, 0.25) is 5.91 Å². The summed E-state index contributed by atoms with van der Waals surface area (Å²) in [5.74, 6) is -0.0446. The maximum absolute atomic E-state index is 12.7. The van der Waals surface area contributed by atoms with E-state index < -0.39 is 6.04 Å². The van der Waals surface area contributed by atoms with Crippen LogP contribution in [0.25, 0.3) is 0 Å². The number of hydrogen-bond acceptors (Lipinski definition) is 3. The van der Waals surface area contributed by atoms with Gasteiger partial charge in [0.15, 0.2) is 0 Å². The number of amides is 1. The number of aromatic nitrogens is 2. The van der Waals surface area contributed by atoms with E-state index in [2.05, 4.69) is 9.97 Å². The van der Waals surface area contributed by atoms with Gasteiger partial charge in [0, 0.05) is 25.7 Å². The summed E-state index contributed by atoms with van der Waals surface area (Å²) in [6.07, 6.45) is 4.07. The third kappa shape index (κ3) is 4.72. The molecule has 0 aliphatic heterocycles. The molecular formula is C17H22Cl2N4O. The Morgan fingerprint density at radius 2 is 2.12 bits per heavy atom. The van der Waals surface area contributed by atoms with Gasteiger partial charge >= 0.3 is 0 Å². The number of carbonyl (C=O) groups is 1. The fourth-order valence-corrected chi connectivity index (χ4v) is 2.70. The smallest absolute Gasteiger partial charge is 0.240 e. The first-order chi connectivity index (χ1) is 11.4. The van der Waals surface area contributed by atoms with Crippen LogP contribution in [0.3, 0.4) is 0 Å². The summed E-state index contributed by atoms with van der Waals surface area (Å²) in [4.78, 5) is 21.6. The SMILES string of the molecule is CC(C)[C@H](N)C(=O)N(CCc1c[nH]cn1)Cc1cccc(Cl)c1Cl. The van der Waals surface area contributed by atoms with E-state index in [1.165, 1.54) is 0 Å². The minimum atomic E-state index is -0.554. The quantitative estimate of drug-likeness (QED) is 0.787. The minimum Gasteiger partial charge on any atom is -0.351 e. The number of nitrogens with zero attached hydrogens (tertiary/aromatic N) is 2. The molecule has 1 amide bonds. The number of imidazole rings is 1. The van der Waals surface area contributed by atoms with Crippen molar-refractivity contribution in [3.05, 3.63) is 52.0 Å². The molecule has 1 aromatic carbocycles. The number of hydrogen-bond donors (Lipinski definition) is 2. The molecule has 1 atom stereocenters. The minimum absolute atomic E-state index is 0.0558. The Hall–Kier alpha value is -1.56. The predicted molar refractivity (Wildman–Crippen MR) is 97.0 cm³/mol. The zero-order chi connectivity index (χ0) is 17.7. The Morgan fingerprint density at radius 3 is 2.75 bits per heavy atom. The van der Waals surface area contributed by atoms with Crippen molar-refractivity contribution in [2.24, 2.45) is 11.7 Å². The lowest BCUT2D eigenvalue weighted by Gasteiger charge is -2.27. The van der Waals surface area contributed by atoms with Crippen LogP contribution in [-0.4, -0.2) is 33.4 Å². The maximum Gasteiger partial charge on any atom is 0.240 e. The van der Waals surface area contributed by atoms with E-state index in [0.717, 1.165) is 11.3 Å². The van der Waals surface area contributed by atoms with Crippen molar-refractivity contribution in [2.75, 3.05) is 6.54 Å². The molecule has 130 valence electrons. The van der Waals surface area contributed by atoms with Crippen molar-refractivity contribution < 1.29 is 4.79 Å². The van der Waals surface area contributed by atoms with Crippen LogP contribution in [0.2, 0.25) is 10.0 Å². The van der Waals surface area contributed by atoms with Crippen LogP contribution in [0.15, 0.2) is 30.7 Å².